The van der Waals surface area contributed by atoms with Crippen LogP contribution in [-0.4, -0.2) is 38.7 Å². The van der Waals surface area contributed by atoms with E-state index < -0.39 is 0 Å². The lowest BCUT2D eigenvalue weighted by Crippen LogP contribution is -2.35. The highest BCUT2D eigenvalue weighted by Crippen LogP contribution is 2.26. The fourth-order valence-corrected chi connectivity index (χ4v) is 2.83. The highest BCUT2D eigenvalue weighted by atomic mass is 19.1. The molecule has 1 heterocycles. The summed E-state index contributed by atoms with van der Waals surface area (Å²) in [4.78, 5) is 2.32. The summed E-state index contributed by atoms with van der Waals surface area (Å²) in [5.41, 5.74) is 1.000. The molecule has 0 amide bonds. The lowest BCUT2D eigenvalue weighted by molar-refractivity contribution is 0.196. The van der Waals surface area contributed by atoms with Crippen molar-refractivity contribution in [1.29, 1.82) is 0 Å². The zero-order chi connectivity index (χ0) is 14.5. The van der Waals surface area contributed by atoms with E-state index >= 15 is 0 Å². The van der Waals surface area contributed by atoms with Crippen molar-refractivity contribution >= 4 is 0 Å². The normalized spacial score (nSPS) is 18.2. The lowest BCUT2D eigenvalue weighted by atomic mass is 9.96. The molecule has 0 saturated carbocycles. The van der Waals surface area contributed by atoms with Crippen molar-refractivity contribution in [3.63, 3.8) is 0 Å². The summed E-state index contributed by atoms with van der Waals surface area (Å²) in [6.07, 6.45) is 2.46. The number of nitrogens with one attached hydrogen (secondary N) is 1. The van der Waals surface area contributed by atoms with Crippen LogP contribution in [0.1, 0.15) is 31.4 Å². The number of halogens is 1. The fourth-order valence-electron chi connectivity index (χ4n) is 2.83. The maximum atomic E-state index is 13.8. The molecule has 4 heteroatoms. The molecule has 2 rings (SSSR count). The van der Waals surface area contributed by atoms with Crippen LogP contribution in [0, 0.1) is 11.7 Å². The second kappa shape index (κ2) is 7.04. The van der Waals surface area contributed by atoms with Gasteiger partial charge in [-0.05, 0) is 63.5 Å². The van der Waals surface area contributed by atoms with E-state index in [2.05, 4.69) is 24.2 Å². The van der Waals surface area contributed by atoms with Crippen molar-refractivity contribution < 1.29 is 9.13 Å². The highest BCUT2D eigenvalue weighted by Gasteiger charge is 2.19. The van der Waals surface area contributed by atoms with Gasteiger partial charge in [0.15, 0.2) is 11.6 Å². The van der Waals surface area contributed by atoms with Gasteiger partial charge < -0.3 is 10.1 Å². The Morgan fingerprint density at radius 2 is 2.10 bits per heavy atom. The van der Waals surface area contributed by atoms with Gasteiger partial charge in [0.1, 0.15) is 0 Å². The first-order valence-corrected chi connectivity index (χ1v) is 7.36. The molecule has 1 atom stereocenters. The van der Waals surface area contributed by atoms with Gasteiger partial charge in [-0.15, -0.1) is 0 Å². The van der Waals surface area contributed by atoms with E-state index in [-0.39, 0.29) is 11.9 Å². The maximum absolute atomic E-state index is 13.8. The van der Waals surface area contributed by atoms with Crippen LogP contribution < -0.4 is 10.1 Å². The van der Waals surface area contributed by atoms with Crippen molar-refractivity contribution in [3.05, 3.63) is 29.6 Å². The van der Waals surface area contributed by atoms with Crippen LogP contribution in [0.4, 0.5) is 4.39 Å². The van der Waals surface area contributed by atoms with Gasteiger partial charge in [-0.2, -0.15) is 0 Å². The van der Waals surface area contributed by atoms with E-state index in [1.807, 2.05) is 6.07 Å². The molecule has 1 N–H and O–H groups in total. The SMILES string of the molecule is COc1ccc(C(C)N(C)CC2CCNCC2)cc1F. The van der Waals surface area contributed by atoms with Crippen LogP contribution in [0.2, 0.25) is 0 Å². The van der Waals surface area contributed by atoms with Gasteiger partial charge in [0.25, 0.3) is 0 Å². The van der Waals surface area contributed by atoms with Crippen LogP contribution in [-0.2, 0) is 0 Å². The molecule has 1 aliphatic rings. The van der Waals surface area contributed by atoms with E-state index in [1.54, 1.807) is 12.1 Å². The summed E-state index contributed by atoms with van der Waals surface area (Å²) >= 11 is 0. The number of methoxy groups -OCH3 is 1. The summed E-state index contributed by atoms with van der Waals surface area (Å²) in [7, 11) is 3.61. The van der Waals surface area contributed by atoms with Crippen molar-refractivity contribution in [2.24, 2.45) is 5.92 Å². The van der Waals surface area contributed by atoms with Crippen molar-refractivity contribution in [1.82, 2.24) is 10.2 Å². The van der Waals surface area contributed by atoms with Crippen LogP contribution in [0.5, 0.6) is 5.75 Å². The third-order valence-electron chi connectivity index (χ3n) is 4.32. The van der Waals surface area contributed by atoms with E-state index in [9.17, 15) is 4.39 Å². The number of piperidine rings is 1. The van der Waals surface area contributed by atoms with Gasteiger partial charge in [0.2, 0.25) is 0 Å². The van der Waals surface area contributed by atoms with Crippen LogP contribution in [0.3, 0.4) is 0 Å². The minimum absolute atomic E-state index is 0.213. The number of hydrogen-bond acceptors (Lipinski definition) is 3. The van der Waals surface area contributed by atoms with Gasteiger partial charge in [-0.25, -0.2) is 4.39 Å². The minimum atomic E-state index is -0.285. The Balaban J connectivity index is 1.98. The summed E-state index contributed by atoms with van der Waals surface area (Å²) in [5.74, 6) is 0.765. The third kappa shape index (κ3) is 3.70. The fraction of sp³-hybridized carbons (Fsp3) is 0.625. The van der Waals surface area contributed by atoms with Gasteiger partial charge >= 0.3 is 0 Å². The van der Waals surface area contributed by atoms with Crippen LogP contribution in [0.15, 0.2) is 18.2 Å². The van der Waals surface area contributed by atoms with Crippen LogP contribution in [0.25, 0.3) is 0 Å². The van der Waals surface area contributed by atoms with Crippen LogP contribution >= 0.6 is 0 Å². The van der Waals surface area contributed by atoms with Crippen molar-refractivity contribution in [2.75, 3.05) is 33.8 Å². The molecule has 112 valence electrons. The Morgan fingerprint density at radius 3 is 2.70 bits per heavy atom. The average Bonchev–Trinajstić information content (AvgIpc) is 2.47. The molecular formula is C16H25FN2O. The standard InChI is InChI=1S/C16H25FN2O/c1-12(14-4-5-16(20-3)15(17)10-14)19(2)11-13-6-8-18-9-7-13/h4-5,10,12-13,18H,6-9,11H2,1-3H3. The quantitative estimate of drug-likeness (QED) is 0.897. The molecule has 0 bridgehead atoms. The Labute approximate surface area is 121 Å². The molecule has 20 heavy (non-hydrogen) atoms. The number of nitrogens with zero attached hydrogens (tertiary/aromatic N) is 1. The number of rotatable bonds is 5. The molecule has 1 aromatic carbocycles. The predicted molar refractivity (Wildman–Crippen MR) is 79.6 cm³/mol. The number of ether oxygens (including phenoxy) is 1. The van der Waals surface area contributed by atoms with E-state index in [4.69, 9.17) is 4.74 Å². The van der Waals surface area contributed by atoms with Gasteiger partial charge in [-0.3, -0.25) is 4.90 Å². The average molecular weight is 280 g/mol. The highest BCUT2D eigenvalue weighted by molar-refractivity contribution is 5.30. The third-order valence-corrected chi connectivity index (χ3v) is 4.32. The zero-order valence-electron chi connectivity index (χ0n) is 12.7. The maximum Gasteiger partial charge on any atom is 0.165 e. The number of hydrogen-bond donors (Lipinski definition) is 1. The number of benzene rings is 1. The van der Waals surface area contributed by atoms with Gasteiger partial charge in [-0.1, -0.05) is 6.07 Å². The van der Waals surface area contributed by atoms with Crippen molar-refractivity contribution in [3.8, 4) is 5.75 Å². The first kappa shape index (κ1) is 15.3. The van der Waals surface area contributed by atoms with E-state index in [0.29, 0.717) is 5.75 Å². The molecular weight excluding hydrogens is 255 g/mol. The molecule has 1 unspecified atom stereocenters. The zero-order valence-corrected chi connectivity index (χ0v) is 12.7. The Morgan fingerprint density at radius 1 is 1.40 bits per heavy atom. The smallest absolute Gasteiger partial charge is 0.165 e. The molecule has 0 aliphatic carbocycles. The molecule has 1 fully saturated rings. The Hall–Kier alpha value is -1.13. The second-order valence-corrected chi connectivity index (χ2v) is 5.70. The van der Waals surface area contributed by atoms with Gasteiger partial charge in [0.05, 0.1) is 7.11 Å². The summed E-state index contributed by atoms with van der Waals surface area (Å²) in [6, 6.07) is 5.46. The lowest BCUT2D eigenvalue weighted by Gasteiger charge is -2.31. The first-order chi connectivity index (χ1) is 9.61. The Kier molecular flexibility index (Phi) is 5.38. The monoisotopic (exact) mass is 280 g/mol. The molecule has 3 nitrogen and oxygen atoms in total. The summed E-state index contributed by atoms with van der Waals surface area (Å²) in [5, 5.41) is 3.39. The topological polar surface area (TPSA) is 24.5 Å². The second-order valence-electron chi connectivity index (χ2n) is 5.70. The first-order valence-electron chi connectivity index (χ1n) is 7.36. The molecule has 1 saturated heterocycles. The minimum Gasteiger partial charge on any atom is -0.494 e. The molecule has 0 spiro atoms. The molecule has 1 aromatic rings. The molecule has 1 aliphatic heterocycles. The Bertz CT molecular complexity index is 432. The molecule has 0 aromatic heterocycles. The van der Waals surface area contributed by atoms with E-state index in [0.717, 1.165) is 31.1 Å². The predicted octanol–water partition coefficient (Wildman–Crippen LogP) is 2.83. The summed E-state index contributed by atoms with van der Waals surface area (Å²) in [6.45, 7) is 5.42. The molecule has 0 radical (unpaired) electrons. The largest absolute Gasteiger partial charge is 0.494 e. The van der Waals surface area contributed by atoms with Crippen molar-refractivity contribution in [2.45, 2.75) is 25.8 Å². The van der Waals surface area contributed by atoms with Gasteiger partial charge in [0, 0.05) is 12.6 Å². The van der Waals surface area contributed by atoms with E-state index in [1.165, 1.54) is 20.0 Å². The summed E-state index contributed by atoms with van der Waals surface area (Å²) < 4.78 is 18.7.